The number of nitrogens with one attached hydrogen (secondary N) is 1. The quantitative estimate of drug-likeness (QED) is 0.496. The molecule has 0 amide bonds. The second-order valence-corrected chi connectivity index (χ2v) is 5.63. The number of nitrogens with zero attached hydrogens (tertiary/aromatic N) is 1. The molecule has 0 spiro atoms. The standard InChI is InChI=1S/C14H20Cl2N2O2/c1-3-5-7-10(6-4-2)17-14-12(15)8-11(18(19)20)9-13(14)16/h8-10,17H,3-7H2,1-2H3. The Hall–Kier alpha value is -1.00. The Labute approximate surface area is 129 Å². The van der Waals surface area contributed by atoms with Crippen molar-refractivity contribution in [1.29, 1.82) is 0 Å². The van der Waals surface area contributed by atoms with Crippen LogP contribution in [0.3, 0.4) is 0 Å². The van der Waals surface area contributed by atoms with Gasteiger partial charge in [0.1, 0.15) is 0 Å². The lowest BCUT2D eigenvalue weighted by Gasteiger charge is -2.20. The first-order valence-corrected chi connectivity index (χ1v) is 7.65. The summed E-state index contributed by atoms with van der Waals surface area (Å²) in [5.74, 6) is 0. The van der Waals surface area contributed by atoms with Gasteiger partial charge in [-0.1, -0.05) is 56.3 Å². The van der Waals surface area contributed by atoms with Crippen molar-refractivity contribution in [3.05, 3.63) is 32.3 Å². The van der Waals surface area contributed by atoms with Gasteiger partial charge in [-0.25, -0.2) is 0 Å². The average molecular weight is 319 g/mol. The molecule has 0 aromatic heterocycles. The van der Waals surface area contributed by atoms with Crippen molar-refractivity contribution in [3.63, 3.8) is 0 Å². The molecule has 0 aliphatic rings. The van der Waals surface area contributed by atoms with E-state index in [2.05, 4.69) is 19.2 Å². The number of non-ortho nitro benzene ring substituents is 1. The molecule has 6 heteroatoms. The van der Waals surface area contributed by atoms with Crippen LogP contribution in [0.5, 0.6) is 0 Å². The molecule has 0 heterocycles. The van der Waals surface area contributed by atoms with Crippen molar-refractivity contribution in [2.24, 2.45) is 0 Å². The van der Waals surface area contributed by atoms with E-state index in [1.54, 1.807) is 0 Å². The Bertz CT molecular complexity index is 443. The van der Waals surface area contributed by atoms with Crippen molar-refractivity contribution in [2.75, 3.05) is 5.32 Å². The maximum absolute atomic E-state index is 10.8. The first kappa shape index (κ1) is 17.1. The first-order chi connectivity index (χ1) is 9.49. The summed E-state index contributed by atoms with van der Waals surface area (Å²) in [6, 6.07) is 2.95. The van der Waals surface area contributed by atoms with Gasteiger partial charge < -0.3 is 5.32 Å². The lowest BCUT2D eigenvalue weighted by molar-refractivity contribution is -0.384. The van der Waals surface area contributed by atoms with Crippen LogP contribution in [0.15, 0.2) is 12.1 Å². The van der Waals surface area contributed by atoms with E-state index in [9.17, 15) is 10.1 Å². The van der Waals surface area contributed by atoms with Crippen molar-refractivity contribution in [1.82, 2.24) is 0 Å². The van der Waals surface area contributed by atoms with Gasteiger partial charge in [-0.15, -0.1) is 0 Å². The Morgan fingerprint density at radius 3 is 2.25 bits per heavy atom. The van der Waals surface area contributed by atoms with E-state index in [0.717, 1.165) is 32.1 Å². The molecule has 0 radical (unpaired) electrons. The van der Waals surface area contributed by atoms with Crippen LogP contribution in [0, 0.1) is 10.1 Å². The maximum Gasteiger partial charge on any atom is 0.272 e. The van der Waals surface area contributed by atoms with E-state index >= 15 is 0 Å². The molecule has 1 rings (SSSR count). The van der Waals surface area contributed by atoms with Gasteiger partial charge in [-0.3, -0.25) is 10.1 Å². The van der Waals surface area contributed by atoms with Crippen LogP contribution in [0.1, 0.15) is 46.0 Å². The van der Waals surface area contributed by atoms with Crippen molar-refractivity contribution in [2.45, 2.75) is 52.0 Å². The second kappa shape index (κ2) is 8.32. The third kappa shape index (κ3) is 4.84. The van der Waals surface area contributed by atoms with Crippen LogP contribution in [0.25, 0.3) is 0 Å². The number of hydrogen-bond donors (Lipinski definition) is 1. The van der Waals surface area contributed by atoms with Gasteiger partial charge in [0.05, 0.1) is 20.7 Å². The summed E-state index contributed by atoms with van der Waals surface area (Å²) in [5.41, 5.74) is 0.500. The topological polar surface area (TPSA) is 55.2 Å². The van der Waals surface area contributed by atoms with Crippen LogP contribution in [0.4, 0.5) is 11.4 Å². The number of nitro groups is 1. The number of hydrogen-bond acceptors (Lipinski definition) is 3. The Kier molecular flexibility index (Phi) is 7.10. The van der Waals surface area contributed by atoms with E-state index in [0.29, 0.717) is 15.7 Å². The number of benzene rings is 1. The van der Waals surface area contributed by atoms with Crippen LogP contribution in [-0.4, -0.2) is 11.0 Å². The summed E-state index contributed by atoms with van der Waals surface area (Å²) < 4.78 is 0. The zero-order valence-corrected chi connectivity index (χ0v) is 13.3. The van der Waals surface area contributed by atoms with Crippen LogP contribution < -0.4 is 5.32 Å². The largest absolute Gasteiger partial charge is 0.380 e. The molecule has 1 aromatic carbocycles. The lowest BCUT2D eigenvalue weighted by atomic mass is 10.0. The molecule has 0 saturated heterocycles. The Morgan fingerprint density at radius 1 is 1.20 bits per heavy atom. The summed E-state index contributed by atoms with van der Waals surface area (Å²) >= 11 is 12.2. The second-order valence-electron chi connectivity index (χ2n) is 4.81. The van der Waals surface area contributed by atoms with Crippen molar-refractivity contribution in [3.8, 4) is 0 Å². The highest BCUT2D eigenvalue weighted by Crippen LogP contribution is 2.35. The smallest absolute Gasteiger partial charge is 0.272 e. The van der Waals surface area contributed by atoms with Gasteiger partial charge in [0.15, 0.2) is 0 Å². The molecular weight excluding hydrogens is 299 g/mol. The highest BCUT2D eigenvalue weighted by atomic mass is 35.5. The number of nitro benzene ring substituents is 1. The molecule has 0 aliphatic heterocycles. The molecular formula is C14H20Cl2N2O2. The Morgan fingerprint density at radius 2 is 1.80 bits per heavy atom. The lowest BCUT2D eigenvalue weighted by Crippen LogP contribution is -2.19. The van der Waals surface area contributed by atoms with E-state index < -0.39 is 4.92 Å². The molecule has 4 nitrogen and oxygen atoms in total. The van der Waals surface area contributed by atoms with Crippen LogP contribution in [-0.2, 0) is 0 Å². The minimum Gasteiger partial charge on any atom is -0.380 e. The third-order valence-corrected chi connectivity index (χ3v) is 3.73. The predicted molar refractivity (Wildman–Crippen MR) is 85.0 cm³/mol. The van der Waals surface area contributed by atoms with Crippen molar-refractivity contribution < 1.29 is 4.92 Å². The number of anilines is 1. The molecule has 0 bridgehead atoms. The highest BCUT2D eigenvalue weighted by Gasteiger charge is 2.17. The SMILES string of the molecule is CCCCC(CCC)Nc1c(Cl)cc([N+](=O)[O-])cc1Cl. The molecule has 1 atom stereocenters. The van der Waals surface area contributed by atoms with Crippen LogP contribution >= 0.6 is 23.2 Å². The van der Waals surface area contributed by atoms with Gasteiger partial charge >= 0.3 is 0 Å². The molecule has 0 aliphatic carbocycles. The molecule has 20 heavy (non-hydrogen) atoms. The molecule has 1 N–H and O–H groups in total. The molecule has 0 fully saturated rings. The summed E-state index contributed by atoms with van der Waals surface area (Å²) in [7, 11) is 0. The highest BCUT2D eigenvalue weighted by molar-refractivity contribution is 6.39. The fourth-order valence-electron chi connectivity index (χ4n) is 2.09. The van der Waals surface area contributed by atoms with E-state index in [4.69, 9.17) is 23.2 Å². The third-order valence-electron chi connectivity index (χ3n) is 3.13. The normalized spacial score (nSPS) is 12.2. The molecule has 1 unspecified atom stereocenters. The fraction of sp³-hybridized carbons (Fsp3) is 0.571. The van der Waals surface area contributed by atoms with Gasteiger partial charge in [-0.2, -0.15) is 0 Å². The summed E-state index contributed by atoms with van der Waals surface area (Å²) in [6.07, 6.45) is 5.37. The van der Waals surface area contributed by atoms with Gasteiger partial charge in [-0.05, 0) is 12.8 Å². The average Bonchev–Trinajstić information content (AvgIpc) is 2.39. The molecule has 1 aromatic rings. The van der Waals surface area contributed by atoms with E-state index in [1.165, 1.54) is 12.1 Å². The number of rotatable bonds is 8. The predicted octanol–water partition coefficient (Wildman–Crippen LogP) is 5.67. The summed E-state index contributed by atoms with van der Waals surface area (Å²) in [5, 5.41) is 14.7. The van der Waals surface area contributed by atoms with Crippen LogP contribution in [0.2, 0.25) is 10.0 Å². The van der Waals surface area contributed by atoms with E-state index in [1.807, 2.05) is 0 Å². The zero-order chi connectivity index (χ0) is 15.1. The first-order valence-electron chi connectivity index (χ1n) is 6.89. The summed E-state index contributed by atoms with van der Waals surface area (Å²) in [6.45, 7) is 4.27. The minimum absolute atomic E-state index is 0.0915. The Balaban J connectivity index is 2.91. The molecule has 112 valence electrons. The van der Waals surface area contributed by atoms with E-state index in [-0.39, 0.29) is 11.7 Å². The zero-order valence-electron chi connectivity index (χ0n) is 11.8. The number of halogens is 2. The van der Waals surface area contributed by atoms with Crippen molar-refractivity contribution >= 4 is 34.6 Å². The maximum atomic E-state index is 10.8. The summed E-state index contributed by atoms with van der Waals surface area (Å²) in [4.78, 5) is 10.3. The fourth-order valence-corrected chi connectivity index (χ4v) is 2.68. The van der Waals surface area contributed by atoms with Gasteiger partial charge in [0.2, 0.25) is 0 Å². The van der Waals surface area contributed by atoms with Gasteiger partial charge in [0, 0.05) is 18.2 Å². The van der Waals surface area contributed by atoms with Gasteiger partial charge in [0.25, 0.3) is 5.69 Å². The minimum atomic E-state index is -0.498. The molecule has 0 saturated carbocycles. The number of unbranched alkanes of at least 4 members (excludes halogenated alkanes) is 1. The monoisotopic (exact) mass is 318 g/mol.